The van der Waals surface area contributed by atoms with Crippen molar-refractivity contribution in [1.29, 1.82) is 0 Å². The van der Waals surface area contributed by atoms with Crippen molar-refractivity contribution in [2.24, 2.45) is 0 Å². The molecule has 0 aliphatic carbocycles. The monoisotopic (exact) mass is 1040 g/mol. The molecule has 0 aliphatic rings. The lowest BCUT2D eigenvalue weighted by Gasteiger charge is -2.27. The van der Waals surface area contributed by atoms with E-state index in [2.05, 4.69) is 99.0 Å². The summed E-state index contributed by atoms with van der Waals surface area (Å²) >= 11 is 0. The Morgan fingerprint density at radius 2 is 0.877 bits per heavy atom. The van der Waals surface area contributed by atoms with Crippen LogP contribution in [0.2, 0.25) is 0 Å². The Kier molecular flexibility index (Phi) is 50.6. The molecule has 10 heteroatoms. The zero-order valence-corrected chi connectivity index (χ0v) is 49.0. The van der Waals surface area contributed by atoms with Gasteiger partial charge in [-0.2, -0.15) is 0 Å². The first-order valence-electron chi connectivity index (χ1n) is 29.9. The molecule has 0 rings (SSSR count). The highest BCUT2D eigenvalue weighted by molar-refractivity contribution is 7.47. The number of phosphoric acid groups is 1. The topological polar surface area (TPSA) is 111 Å². The molecule has 73 heavy (non-hydrogen) atoms. The van der Waals surface area contributed by atoms with Crippen molar-refractivity contribution in [2.45, 2.75) is 264 Å². The van der Waals surface area contributed by atoms with Crippen molar-refractivity contribution in [2.75, 3.05) is 40.9 Å². The molecule has 0 saturated heterocycles. The third-order valence-electron chi connectivity index (χ3n) is 12.8. The molecule has 9 nitrogen and oxygen atoms in total. The minimum atomic E-state index is -4.45. The lowest BCUT2D eigenvalue weighted by atomic mass is 10.1. The average molecular weight is 1040 g/mol. The highest BCUT2D eigenvalue weighted by atomic mass is 31.2. The van der Waals surface area contributed by atoms with Crippen LogP contribution in [0.15, 0.2) is 85.1 Å². The van der Waals surface area contributed by atoms with E-state index in [-0.39, 0.29) is 31.5 Å². The number of carbonyl (C=O) groups is 2. The standard InChI is InChI=1S/C63H113N2O7P/c1-7-10-13-16-19-22-25-27-28-29-30-31-32-33-34-35-36-38-40-43-46-49-52-55-62(66)64-60(59-71-73(68,69)70-58-57-65(4,5)6)61(54-51-48-45-42-39-24-21-18-15-12-9-3)72-63(67)56-53-50-47-44-41-37-26-23-20-17-14-11-8-2/h10,13,19,22,27-28,30-31,33-34,37,41,51,54,60-61H,7-9,11-12,14-18,20-21,23-26,29,32,35-36,38-40,42-50,52-53,55-59H2,1-6H3,(H-,64,66,68,69)/p+1/b13-10-,22-19-,28-27-,31-30-,34-33-,41-37-,54-51-. The number of likely N-dealkylation sites (N-methyl/N-ethyl adjacent to an activating group) is 1. The van der Waals surface area contributed by atoms with Crippen LogP contribution in [-0.4, -0.2) is 74.3 Å². The number of nitrogens with zero attached hydrogens (tertiary/aromatic N) is 1. The van der Waals surface area contributed by atoms with Crippen LogP contribution < -0.4 is 5.32 Å². The van der Waals surface area contributed by atoms with Gasteiger partial charge in [0, 0.05) is 12.8 Å². The number of ether oxygens (including phenoxy) is 1. The van der Waals surface area contributed by atoms with Gasteiger partial charge < -0.3 is 19.4 Å². The highest BCUT2D eigenvalue weighted by Gasteiger charge is 2.30. The summed E-state index contributed by atoms with van der Waals surface area (Å²) in [6, 6.07) is -0.863. The Morgan fingerprint density at radius 3 is 1.34 bits per heavy atom. The van der Waals surface area contributed by atoms with Crippen molar-refractivity contribution in [3.8, 4) is 0 Å². The number of rotatable bonds is 53. The van der Waals surface area contributed by atoms with E-state index < -0.39 is 20.0 Å². The summed E-state index contributed by atoms with van der Waals surface area (Å²) in [5.74, 6) is -0.540. The third-order valence-corrected chi connectivity index (χ3v) is 13.8. The summed E-state index contributed by atoms with van der Waals surface area (Å²) in [5.41, 5.74) is 0. The number of unbranched alkanes of at least 4 members (excludes halogenated alkanes) is 25. The van der Waals surface area contributed by atoms with E-state index in [0.29, 0.717) is 23.9 Å². The summed E-state index contributed by atoms with van der Waals surface area (Å²) in [6.45, 7) is 6.86. The van der Waals surface area contributed by atoms with Crippen LogP contribution in [0.4, 0.5) is 0 Å². The number of nitrogens with one attached hydrogen (secondary N) is 1. The first-order valence-corrected chi connectivity index (χ1v) is 31.4. The van der Waals surface area contributed by atoms with E-state index in [1.54, 1.807) is 0 Å². The molecule has 0 heterocycles. The maximum Gasteiger partial charge on any atom is 0.472 e. The molecular weight excluding hydrogens is 928 g/mol. The molecule has 3 atom stereocenters. The van der Waals surface area contributed by atoms with Crippen molar-refractivity contribution >= 4 is 19.7 Å². The molecule has 422 valence electrons. The van der Waals surface area contributed by atoms with Gasteiger partial charge in [0.25, 0.3) is 0 Å². The highest BCUT2D eigenvalue weighted by Crippen LogP contribution is 2.43. The largest absolute Gasteiger partial charge is 0.472 e. The van der Waals surface area contributed by atoms with E-state index in [9.17, 15) is 19.0 Å². The Morgan fingerprint density at radius 1 is 0.493 bits per heavy atom. The molecule has 0 radical (unpaired) electrons. The smallest absolute Gasteiger partial charge is 0.456 e. The van der Waals surface area contributed by atoms with Gasteiger partial charge in [-0.25, -0.2) is 4.57 Å². The van der Waals surface area contributed by atoms with Gasteiger partial charge in [-0.15, -0.1) is 0 Å². The lowest BCUT2D eigenvalue weighted by molar-refractivity contribution is -0.870. The number of carbonyl (C=O) groups excluding carboxylic acids is 2. The molecule has 0 bridgehead atoms. The van der Waals surface area contributed by atoms with E-state index >= 15 is 0 Å². The van der Waals surface area contributed by atoms with Gasteiger partial charge in [0.1, 0.15) is 19.3 Å². The Hall–Kier alpha value is -2.81. The molecule has 2 N–H and O–H groups in total. The van der Waals surface area contributed by atoms with E-state index in [4.69, 9.17) is 13.8 Å². The van der Waals surface area contributed by atoms with Crippen molar-refractivity contribution in [3.63, 3.8) is 0 Å². The number of amides is 1. The van der Waals surface area contributed by atoms with Crippen LogP contribution >= 0.6 is 7.82 Å². The molecular formula is C63H114N2O7P+. The quantitative estimate of drug-likeness (QED) is 0.0205. The first kappa shape index (κ1) is 70.2. The molecule has 0 spiro atoms. The number of esters is 1. The van der Waals surface area contributed by atoms with E-state index in [0.717, 1.165) is 109 Å². The van der Waals surface area contributed by atoms with Crippen LogP contribution in [0.5, 0.6) is 0 Å². The number of allylic oxidation sites excluding steroid dienone is 13. The molecule has 0 aromatic heterocycles. The number of hydrogen-bond donors (Lipinski definition) is 2. The van der Waals surface area contributed by atoms with Crippen molar-refractivity contribution < 1.29 is 37.3 Å². The van der Waals surface area contributed by atoms with Gasteiger partial charge in [0.15, 0.2) is 0 Å². The second-order valence-electron chi connectivity index (χ2n) is 21.1. The molecule has 0 aromatic rings. The summed E-state index contributed by atoms with van der Waals surface area (Å²) in [4.78, 5) is 37.6. The van der Waals surface area contributed by atoms with Crippen LogP contribution in [0.1, 0.15) is 252 Å². The molecule has 0 fully saturated rings. The van der Waals surface area contributed by atoms with Gasteiger partial charge in [0.2, 0.25) is 5.91 Å². The molecule has 3 unspecified atom stereocenters. The van der Waals surface area contributed by atoms with Crippen LogP contribution in [0.3, 0.4) is 0 Å². The molecule has 0 saturated carbocycles. The SMILES string of the molecule is CC/C=C\C/C=C\C/C=C\C/C=C\C/C=C\CCCCCCCCCC(=O)NC(COP(=O)(O)OCC[N+](C)(C)C)C(/C=C\CCCCCCCCCCC)OC(=O)CCCCC/C=C\CCCCCCCC. The molecule has 0 aliphatic heterocycles. The minimum Gasteiger partial charge on any atom is -0.456 e. The van der Waals surface area contributed by atoms with Gasteiger partial charge in [-0.3, -0.25) is 18.6 Å². The third kappa shape index (κ3) is 53.8. The Bertz CT molecular complexity index is 1530. The number of phosphoric ester groups is 1. The fraction of sp³-hybridized carbons (Fsp3) is 0.746. The van der Waals surface area contributed by atoms with Gasteiger partial charge in [0.05, 0.1) is 33.8 Å². The van der Waals surface area contributed by atoms with E-state index in [1.165, 1.54) is 103 Å². The predicted octanol–water partition coefficient (Wildman–Crippen LogP) is 18.2. The zero-order chi connectivity index (χ0) is 53.6. The van der Waals surface area contributed by atoms with E-state index in [1.807, 2.05) is 33.3 Å². The first-order chi connectivity index (χ1) is 35.4. The second kappa shape index (κ2) is 52.6. The minimum absolute atomic E-state index is 0.0323. The summed E-state index contributed by atoms with van der Waals surface area (Å²) in [5, 5.41) is 3.04. The average Bonchev–Trinajstić information content (AvgIpc) is 3.35. The fourth-order valence-corrected chi connectivity index (χ4v) is 8.93. The van der Waals surface area contributed by atoms with Crippen LogP contribution in [0, 0.1) is 0 Å². The lowest BCUT2D eigenvalue weighted by Crippen LogP contribution is -2.47. The normalized spacial score (nSPS) is 14.3. The zero-order valence-electron chi connectivity index (χ0n) is 48.1. The number of hydrogen-bond acceptors (Lipinski definition) is 6. The molecule has 0 aromatic carbocycles. The Balaban J connectivity index is 5.23. The fourth-order valence-electron chi connectivity index (χ4n) is 8.20. The molecule has 1 amide bonds. The van der Waals surface area contributed by atoms with Gasteiger partial charge in [-0.05, 0) is 102 Å². The van der Waals surface area contributed by atoms with Crippen LogP contribution in [-0.2, 0) is 27.9 Å². The Labute approximate surface area is 450 Å². The van der Waals surface area contributed by atoms with Crippen LogP contribution in [0.25, 0.3) is 0 Å². The maximum atomic E-state index is 13.5. The van der Waals surface area contributed by atoms with Gasteiger partial charge >= 0.3 is 13.8 Å². The number of quaternary nitrogens is 1. The summed E-state index contributed by atoms with van der Waals surface area (Å²) < 4.78 is 30.6. The maximum absolute atomic E-state index is 13.5. The van der Waals surface area contributed by atoms with Crippen molar-refractivity contribution in [3.05, 3.63) is 85.1 Å². The summed E-state index contributed by atoms with van der Waals surface area (Å²) in [7, 11) is 1.47. The van der Waals surface area contributed by atoms with Gasteiger partial charge in [-0.1, -0.05) is 222 Å². The summed E-state index contributed by atoms with van der Waals surface area (Å²) in [6.07, 6.45) is 68.7. The predicted molar refractivity (Wildman–Crippen MR) is 314 cm³/mol. The van der Waals surface area contributed by atoms with Crippen molar-refractivity contribution in [1.82, 2.24) is 5.32 Å². The second-order valence-corrected chi connectivity index (χ2v) is 22.6.